The van der Waals surface area contributed by atoms with Crippen molar-refractivity contribution in [1.29, 1.82) is 0 Å². The molecule has 1 aromatic rings. The zero-order valence-corrected chi connectivity index (χ0v) is 12.2. The number of alkyl halides is 3. The summed E-state index contributed by atoms with van der Waals surface area (Å²) in [6, 6.07) is 3.61. The first-order valence-electron chi connectivity index (χ1n) is 7.70. The van der Waals surface area contributed by atoms with Crippen LogP contribution in [0.5, 0.6) is 5.75 Å². The smallest absolute Gasteiger partial charge is 0.416 e. The van der Waals surface area contributed by atoms with Gasteiger partial charge in [-0.25, -0.2) is 0 Å². The van der Waals surface area contributed by atoms with E-state index >= 15 is 0 Å². The molecule has 3 rings (SSSR count). The Kier molecular flexibility index (Phi) is 4.43. The van der Waals surface area contributed by atoms with Crippen LogP contribution in [0.2, 0.25) is 0 Å². The first kappa shape index (κ1) is 15.4. The zero-order chi connectivity index (χ0) is 15.6. The Balaban J connectivity index is 1.82. The standard InChI is InChI=1S/C17H19F3O2/c18-17(19,20)14-8-9-15(22-16-3-1-2-10-21-16)13(11-14)7-6-12-4-5-12/h6-9,11-12,16H,1-5,10H2/b7-6+. The fourth-order valence-electron chi connectivity index (χ4n) is 2.44. The topological polar surface area (TPSA) is 18.5 Å². The van der Waals surface area contributed by atoms with Gasteiger partial charge in [-0.15, -0.1) is 0 Å². The van der Waals surface area contributed by atoms with E-state index in [1.807, 2.05) is 6.08 Å². The lowest BCUT2D eigenvalue weighted by Crippen LogP contribution is -2.25. The highest BCUT2D eigenvalue weighted by Crippen LogP contribution is 2.36. The minimum atomic E-state index is -4.35. The zero-order valence-electron chi connectivity index (χ0n) is 12.2. The average Bonchev–Trinajstić information content (AvgIpc) is 3.30. The molecule has 1 heterocycles. The van der Waals surface area contributed by atoms with Gasteiger partial charge in [0.2, 0.25) is 0 Å². The SMILES string of the molecule is FC(F)(F)c1ccc(OC2CCCCO2)c(/C=C/C2CC2)c1. The normalized spacial score (nSPS) is 23.0. The number of allylic oxidation sites excluding steroid dienone is 1. The Bertz CT molecular complexity index is 541. The summed E-state index contributed by atoms with van der Waals surface area (Å²) in [6.07, 6.45) is 4.00. The van der Waals surface area contributed by atoms with Gasteiger partial charge in [-0.1, -0.05) is 12.2 Å². The van der Waals surface area contributed by atoms with Gasteiger partial charge in [0.25, 0.3) is 0 Å². The third-order valence-corrected chi connectivity index (χ3v) is 3.90. The van der Waals surface area contributed by atoms with Crippen LogP contribution in [0, 0.1) is 5.92 Å². The van der Waals surface area contributed by atoms with Crippen LogP contribution >= 0.6 is 0 Å². The van der Waals surface area contributed by atoms with Gasteiger partial charge in [0.15, 0.2) is 6.29 Å². The maximum absolute atomic E-state index is 12.9. The van der Waals surface area contributed by atoms with Crippen molar-refractivity contribution in [2.24, 2.45) is 5.92 Å². The molecule has 1 atom stereocenters. The van der Waals surface area contributed by atoms with Crippen molar-refractivity contribution in [2.75, 3.05) is 6.61 Å². The molecule has 22 heavy (non-hydrogen) atoms. The van der Waals surface area contributed by atoms with Crippen molar-refractivity contribution in [1.82, 2.24) is 0 Å². The average molecular weight is 312 g/mol. The van der Waals surface area contributed by atoms with Crippen LogP contribution in [0.1, 0.15) is 43.2 Å². The Morgan fingerprint density at radius 1 is 1.14 bits per heavy atom. The first-order valence-corrected chi connectivity index (χ1v) is 7.70. The molecule has 1 aliphatic heterocycles. The molecule has 0 N–H and O–H groups in total. The second-order valence-corrected chi connectivity index (χ2v) is 5.86. The molecule has 2 fully saturated rings. The monoisotopic (exact) mass is 312 g/mol. The Hall–Kier alpha value is -1.49. The number of rotatable bonds is 4. The Morgan fingerprint density at radius 3 is 2.59 bits per heavy atom. The van der Waals surface area contributed by atoms with Gasteiger partial charge in [0.05, 0.1) is 12.2 Å². The lowest BCUT2D eigenvalue weighted by molar-refractivity contribution is -0.137. The minimum absolute atomic E-state index is 0.362. The number of ether oxygens (including phenoxy) is 2. The molecule has 2 nitrogen and oxygen atoms in total. The summed E-state index contributed by atoms with van der Waals surface area (Å²) in [5, 5.41) is 0. The van der Waals surface area contributed by atoms with E-state index in [0.717, 1.165) is 44.2 Å². The van der Waals surface area contributed by atoms with Crippen molar-refractivity contribution >= 4 is 6.08 Å². The van der Waals surface area contributed by atoms with Gasteiger partial charge in [-0.3, -0.25) is 0 Å². The summed E-state index contributed by atoms with van der Waals surface area (Å²) in [7, 11) is 0. The molecule has 0 aromatic heterocycles. The third kappa shape index (κ3) is 4.03. The summed E-state index contributed by atoms with van der Waals surface area (Å²) >= 11 is 0. The summed E-state index contributed by atoms with van der Waals surface area (Å²) in [6.45, 7) is 0.637. The number of hydrogen-bond acceptors (Lipinski definition) is 2. The molecule has 0 spiro atoms. The minimum Gasteiger partial charge on any atom is -0.464 e. The van der Waals surface area contributed by atoms with E-state index in [-0.39, 0.29) is 6.29 Å². The van der Waals surface area contributed by atoms with Crippen molar-refractivity contribution in [3.05, 3.63) is 35.4 Å². The number of halogens is 3. The van der Waals surface area contributed by atoms with Gasteiger partial charge in [-0.2, -0.15) is 13.2 Å². The molecule has 0 bridgehead atoms. The van der Waals surface area contributed by atoms with E-state index in [0.29, 0.717) is 23.8 Å². The number of benzene rings is 1. The van der Waals surface area contributed by atoms with Gasteiger partial charge in [0, 0.05) is 12.0 Å². The molecule has 5 heteroatoms. The lowest BCUT2D eigenvalue weighted by Gasteiger charge is -2.24. The van der Waals surface area contributed by atoms with Crippen molar-refractivity contribution in [3.8, 4) is 5.75 Å². The van der Waals surface area contributed by atoms with E-state index in [9.17, 15) is 13.2 Å². The van der Waals surface area contributed by atoms with Crippen LogP contribution < -0.4 is 4.74 Å². The predicted molar refractivity (Wildman–Crippen MR) is 77.4 cm³/mol. The number of hydrogen-bond donors (Lipinski definition) is 0. The molecule has 2 aliphatic rings. The van der Waals surface area contributed by atoms with Gasteiger partial charge < -0.3 is 9.47 Å². The van der Waals surface area contributed by atoms with Crippen molar-refractivity contribution in [2.45, 2.75) is 44.6 Å². The van der Waals surface area contributed by atoms with Crippen LogP contribution in [0.3, 0.4) is 0 Å². The second-order valence-electron chi connectivity index (χ2n) is 5.86. The summed E-state index contributed by atoms with van der Waals surface area (Å²) in [5.74, 6) is 0.949. The fourth-order valence-corrected chi connectivity index (χ4v) is 2.44. The lowest BCUT2D eigenvalue weighted by atomic mass is 10.1. The third-order valence-electron chi connectivity index (χ3n) is 3.90. The predicted octanol–water partition coefficient (Wildman–Crippen LogP) is 5.03. The van der Waals surface area contributed by atoms with Gasteiger partial charge >= 0.3 is 6.18 Å². The molecule has 0 amide bonds. The molecule has 120 valence electrons. The molecule has 1 aliphatic carbocycles. The summed E-state index contributed by atoms with van der Waals surface area (Å²) in [5.41, 5.74) is -0.184. The van der Waals surface area contributed by atoms with E-state index in [1.165, 1.54) is 6.07 Å². The van der Waals surface area contributed by atoms with Crippen LogP contribution in [-0.2, 0) is 10.9 Å². The molecular weight excluding hydrogens is 293 g/mol. The maximum Gasteiger partial charge on any atom is 0.416 e. The van der Waals surface area contributed by atoms with Crippen LogP contribution in [0.4, 0.5) is 13.2 Å². The molecule has 1 saturated carbocycles. The highest BCUT2D eigenvalue weighted by molar-refractivity contribution is 5.59. The summed E-state index contributed by atoms with van der Waals surface area (Å²) < 4.78 is 49.9. The molecule has 1 saturated heterocycles. The summed E-state index contributed by atoms with van der Waals surface area (Å²) in [4.78, 5) is 0. The molecule has 1 unspecified atom stereocenters. The Labute approximate surface area is 127 Å². The highest BCUT2D eigenvalue weighted by Gasteiger charge is 2.31. The van der Waals surface area contributed by atoms with E-state index in [2.05, 4.69) is 0 Å². The second kappa shape index (κ2) is 6.32. The highest BCUT2D eigenvalue weighted by atomic mass is 19.4. The first-order chi connectivity index (χ1) is 10.5. The maximum atomic E-state index is 12.9. The van der Waals surface area contributed by atoms with Crippen molar-refractivity contribution in [3.63, 3.8) is 0 Å². The van der Waals surface area contributed by atoms with Gasteiger partial charge in [-0.05, 0) is 49.8 Å². The van der Waals surface area contributed by atoms with Crippen molar-refractivity contribution < 1.29 is 22.6 Å². The quantitative estimate of drug-likeness (QED) is 0.776. The van der Waals surface area contributed by atoms with Crippen LogP contribution in [0.15, 0.2) is 24.3 Å². The molecule has 1 aromatic carbocycles. The van der Waals surface area contributed by atoms with E-state index in [1.54, 1.807) is 6.08 Å². The van der Waals surface area contributed by atoms with E-state index in [4.69, 9.17) is 9.47 Å². The molecule has 0 radical (unpaired) electrons. The van der Waals surface area contributed by atoms with E-state index < -0.39 is 11.7 Å². The fraction of sp³-hybridized carbons (Fsp3) is 0.529. The molecular formula is C17H19F3O2. The van der Waals surface area contributed by atoms with Crippen LogP contribution in [-0.4, -0.2) is 12.9 Å². The Morgan fingerprint density at radius 2 is 1.95 bits per heavy atom. The van der Waals surface area contributed by atoms with Crippen LogP contribution in [0.25, 0.3) is 6.08 Å². The largest absolute Gasteiger partial charge is 0.464 e. The van der Waals surface area contributed by atoms with Gasteiger partial charge in [0.1, 0.15) is 5.75 Å².